The number of fused-ring (bicyclic) bond motifs is 5. The molecule has 2 aliphatic carbocycles. The number of benzene rings is 6. The number of aromatic nitrogens is 5. The molecule has 54 heavy (non-hydrogen) atoms. The summed E-state index contributed by atoms with van der Waals surface area (Å²) in [6.45, 7) is 4.65. The Hall–Kier alpha value is -6.72. The van der Waals surface area contributed by atoms with Crippen molar-refractivity contribution in [2.24, 2.45) is 0 Å². The summed E-state index contributed by atoms with van der Waals surface area (Å²) in [5.74, 6) is 2.18. The quantitative estimate of drug-likeness (QED) is 0.174. The monoisotopic (exact) mass is 695 g/mol. The number of nitrogens with zero attached hydrogens (tertiary/aromatic N) is 5. The van der Waals surface area contributed by atoms with Crippen molar-refractivity contribution in [2.75, 3.05) is 0 Å². The first-order valence-corrected chi connectivity index (χ1v) is 18.6. The molecular formula is C49H37N5. The summed E-state index contributed by atoms with van der Waals surface area (Å²) in [4.78, 5) is 15.1. The lowest BCUT2D eigenvalue weighted by molar-refractivity contribution is 0.666. The van der Waals surface area contributed by atoms with Gasteiger partial charge in [-0.15, -0.1) is 0 Å². The molecule has 5 nitrogen and oxygen atoms in total. The highest BCUT2D eigenvalue weighted by molar-refractivity contribution is 5.96. The van der Waals surface area contributed by atoms with E-state index in [1.54, 1.807) is 0 Å². The molecule has 0 aliphatic heterocycles. The van der Waals surface area contributed by atoms with Crippen molar-refractivity contribution in [2.45, 2.75) is 31.6 Å². The Morgan fingerprint density at radius 1 is 0.593 bits per heavy atom. The molecule has 1 unspecified atom stereocenters. The van der Waals surface area contributed by atoms with Gasteiger partial charge in [-0.25, -0.2) is 19.6 Å². The molecule has 258 valence electrons. The van der Waals surface area contributed by atoms with E-state index < -0.39 is 0 Å². The van der Waals surface area contributed by atoms with Gasteiger partial charge in [0.15, 0.2) is 11.6 Å². The van der Waals surface area contributed by atoms with Crippen LogP contribution in [-0.4, -0.2) is 24.7 Å². The molecule has 0 saturated heterocycles. The summed E-state index contributed by atoms with van der Waals surface area (Å²) in [5, 5.41) is 6.12. The lowest BCUT2D eigenvalue weighted by atomic mass is 9.81. The number of hydrogen-bond acceptors (Lipinski definition) is 4. The second kappa shape index (κ2) is 12.7. The summed E-state index contributed by atoms with van der Waals surface area (Å²) in [5.41, 5.74) is 14.0. The van der Waals surface area contributed by atoms with Crippen LogP contribution in [0.1, 0.15) is 48.7 Å². The summed E-state index contributed by atoms with van der Waals surface area (Å²) in [6.07, 6.45) is 9.56. The van der Waals surface area contributed by atoms with Crippen molar-refractivity contribution in [3.05, 3.63) is 193 Å². The van der Waals surface area contributed by atoms with Gasteiger partial charge < -0.3 is 0 Å². The second-order valence-corrected chi connectivity index (χ2v) is 14.7. The maximum absolute atomic E-state index is 5.10. The van der Waals surface area contributed by atoms with Crippen molar-refractivity contribution in [1.29, 1.82) is 0 Å². The average molecular weight is 696 g/mol. The minimum Gasteiger partial charge on any atom is -0.233 e. The summed E-state index contributed by atoms with van der Waals surface area (Å²) in [7, 11) is 0. The highest BCUT2D eigenvalue weighted by Gasteiger charge is 2.37. The molecule has 0 saturated carbocycles. The van der Waals surface area contributed by atoms with E-state index in [1.807, 2.05) is 30.5 Å². The Bertz CT molecular complexity index is 2760. The van der Waals surface area contributed by atoms with Gasteiger partial charge in [-0.1, -0.05) is 153 Å². The molecule has 2 aliphatic rings. The van der Waals surface area contributed by atoms with Crippen LogP contribution in [0.25, 0.3) is 67.2 Å². The number of allylic oxidation sites excluding steroid dienone is 4. The van der Waals surface area contributed by atoms with E-state index in [-0.39, 0.29) is 11.3 Å². The van der Waals surface area contributed by atoms with Gasteiger partial charge in [0.1, 0.15) is 5.82 Å². The third-order valence-corrected chi connectivity index (χ3v) is 11.1. The van der Waals surface area contributed by atoms with Crippen molar-refractivity contribution >= 4 is 16.5 Å². The zero-order valence-corrected chi connectivity index (χ0v) is 30.2. The van der Waals surface area contributed by atoms with Crippen LogP contribution < -0.4 is 0 Å². The first-order chi connectivity index (χ1) is 26.5. The Balaban J connectivity index is 0.970. The molecule has 0 amide bonds. The molecule has 0 fully saturated rings. The molecule has 0 radical (unpaired) electrons. The van der Waals surface area contributed by atoms with Gasteiger partial charge in [0.05, 0.1) is 17.4 Å². The highest BCUT2D eigenvalue weighted by atomic mass is 15.3. The van der Waals surface area contributed by atoms with Gasteiger partial charge in [0, 0.05) is 27.8 Å². The first-order valence-electron chi connectivity index (χ1n) is 18.6. The molecule has 1 atom stereocenters. The SMILES string of the molecule is CC1(C)c2ccccc2-c2ccc3c(cnn3-c3ccc(-c4cccc(-c5nc(-c6ccccc6)nc(C6C=CC(c7ccccc7)=CC6)n5)c4)cc3)c21. The molecule has 2 aromatic heterocycles. The normalized spacial score (nSPS) is 15.5. The molecule has 0 spiro atoms. The predicted octanol–water partition coefficient (Wildman–Crippen LogP) is 11.6. The summed E-state index contributed by atoms with van der Waals surface area (Å²) < 4.78 is 2.06. The Morgan fingerprint density at radius 2 is 1.28 bits per heavy atom. The van der Waals surface area contributed by atoms with Crippen LogP contribution in [0.4, 0.5) is 0 Å². The minimum absolute atomic E-state index is 0.0539. The lowest BCUT2D eigenvalue weighted by Gasteiger charge is -2.22. The third kappa shape index (κ3) is 5.40. The summed E-state index contributed by atoms with van der Waals surface area (Å²) >= 11 is 0. The van der Waals surface area contributed by atoms with Crippen molar-refractivity contribution < 1.29 is 0 Å². The van der Waals surface area contributed by atoms with Crippen LogP contribution >= 0.6 is 0 Å². The molecule has 8 aromatic rings. The van der Waals surface area contributed by atoms with Gasteiger partial charge >= 0.3 is 0 Å². The van der Waals surface area contributed by atoms with Gasteiger partial charge in [-0.05, 0) is 75.2 Å². The van der Waals surface area contributed by atoms with Crippen LogP contribution in [0.3, 0.4) is 0 Å². The van der Waals surface area contributed by atoms with Crippen LogP contribution in [-0.2, 0) is 5.41 Å². The fourth-order valence-corrected chi connectivity index (χ4v) is 8.30. The maximum Gasteiger partial charge on any atom is 0.163 e. The van der Waals surface area contributed by atoms with Crippen LogP contribution in [0, 0.1) is 0 Å². The molecule has 0 N–H and O–H groups in total. The predicted molar refractivity (Wildman–Crippen MR) is 219 cm³/mol. The number of rotatable bonds is 6. The largest absolute Gasteiger partial charge is 0.233 e. The molecule has 10 rings (SSSR count). The van der Waals surface area contributed by atoms with Crippen molar-refractivity contribution in [3.8, 4) is 50.7 Å². The van der Waals surface area contributed by atoms with Crippen LogP contribution in [0.2, 0.25) is 0 Å². The van der Waals surface area contributed by atoms with Gasteiger partial charge in [0.25, 0.3) is 0 Å². The minimum atomic E-state index is -0.0919. The molecule has 0 bridgehead atoms. The van der Waals surface area contributed by atoms with E-state index in [2.05, 4.69) is 158 Å². The molecule has 2 heterocycles. The van der Waals surface area contributed by atoms with E-state index in [1.165, 1.54) is 38.8 Å². The zero-order valence-electron chi connectivity index (χ0n) is 30.2. The average Bonchev–Trinajstić information content (AvgIpc) is 3.77. The highest BCUT2D eigenvalue weighted by Crippen LogP contribution is 2.51. The Morgan fingerprint density at radius 3 is 2.04 bits per heavy atom. The van der Waals surface area contributed by atoms with E-state index in [0.29, 0.717) is 11.6 Å². The smallest absolute Gasteiger partial charge is 0.163 e. The third-order valence-electron chi connectivity index (χ3n) is 11.1. The zero-order chi connectivity index (χ0) is 36.2. The van der Waals surface area contributed by atoms with Gasteiger partial charge in [-0.3, -0.25) is 0 Å². The van der Waals surface area contributed by atoms with Crippen LogP contribution in [0.5, 0.6) is 0 Å². The van der Waals surface area contributed by atoms with Gasteiger partial charge in [0.2, 0.25) is 0 Å². The van der Waals surface area contributed by atoms with E-state index in [4.69, 9.17) is 20.1 Å². The van der Waals surface area contributed by atoms with Crippen molar-refractivity contribution in [1.82, 2.24) is 24.7 Å². The van der Waals surface area contributed by atoms with E-state index in [0.717, 1.165) is 45.7 Å². The lowest BCUT2D eigenvalue weighted by Crippen LogP contribution is -2.15. The van der Waals surface area contributed by atoms with E-state index >= 15 is 0 Å². The van der Waals surface area contributed by atoms with Gasteiger partial charge in [-0.2, -0.15) is 5.10 Å². The Labute approximate surface area is 315 Å². The fourth-order valence-electron chi connectivity index (χ4n) is 8.30. The molecular weight excluding hydrogens is 659 g/mol. The van der Waals surface area contributed by atoms with Crippen LogP contribution in [0.15, 0.2) is 170 Å². The standard InChI is InChI=1S/C49H37N5/c1-49(2)43-19-10-9-18-40(43)41-28-29-44-42(45(41)49)31-50-54(44)39-26-24-34(25-27-39)37-16-11-17-38(30-37)48-52-46(35-14-7-4-8-15-35)51-47(53-48)36-22-20-33(21-23-36)32-12-5-3-6-13-32/h3-22,24-31,36H,23H2,1-2H3. The summed E-state index contributed by atoms with van der Waals surface area (Å²) in [6, 6.07) is 51.1. The van der Waals surface area contributed by atoms with E-state index in [9.17, 15) is 0 Å². The second-order valence-electron chi connectivity index (χ2n) is 14.7. The fraction of sp³-hybridized carbons (Fsp3) is 0.102. The Kier molecular flexibility index (Phi) is 7.55. The molecule has 5 heteroatoms. The maximum atomic E-state index is 5.10. The molecule has 6 aromatic carbocycles. The first kappa shape index (κ1) is 32.0. The number of hydrogen-bond donors (Lipinski definition) is 0. The topological polar surface area (TPSA) is 56.5 Å². The van der Waals surface area contributed by atoms with Crippen molar-refractivity contribution in [3.63, 3.8) is 0 Å².